The van der Waals surface area contributed by atoms with E-state index in [0.29, 0.717) is 31.5 Å². The summed E-state index contributed by atoms with van der Waals surface area (Å²) < 4.78 is 18.7. The van der Waals surface area contributed by atoms with Crippen LogP contribution in [0.3, 0.4) is 0 Å². The van der Waals surface area contributed by atoms with Gasteiger partial charge in [0.2, 0.25) is 0 Å². The minimum atomic E-state index is -0.240. The zero-order chi connectivity index (χ0) is 22.9. The molecule has 3 aromatic rings. The molecule has 0 saturated carbocycles. The number of thiophene rings is 1. The first-order valence-corrected chi connectivity index (χ1v) is 13.2. The van der Waals surface area contributed by atoms with Crippen LogP contribution in [0.15, 0.2) is 11.4 Å². The van der Waals surface area contributed by atoms with Crippen molar-refractivity contribution in [1.29, 1.82) is 0 Å². The van der Waals surface area contributed by atoms with E-state index >= 15 is 0 Å². The highest BCUT2D eigenvalue weighted by Gasteiger charge is 2.32. The fourth-order valence-corrected chi connectivity index (χ4v) is 6.37. The van der Waals surface area contributed by atoms with Crippen LogP contribution in [0, 0.1) is 5.92 Å². The molecule has 8 heteroatoms. The lowest BCUT2D eigenvalue weighted by Gasteiger charge is -2.33. The van der Waals surface area contributed by atoms with E-state index in [1.807, 2.05) is 13.8 Å². The molecule has 0 unspecified atom stereocenters. The number of thioether (sulfide) groups is 1. The maximum Gasteiger partial charge on any atom is 0.166 e. The zero-order valence-electron chi connectivity index (χ0n) is 19.9. The van der Waals surface area contributed by atoms with Gasteiger partial charge in [-0.25, -0.2) is 15.0 Å². The third-order valence-electron chi connectivity index (χ3n) is 5.54. The molecule has 0 bridgehead atoms. The minimum Gasteiger partial charge on any atom is -0.370 e. The van der Waals surface area contributed by atoms with Gasteiger partial charge in [-0.15, -0.1) is 11.3 Å². The predicted octanol–water partition coefficient (Wildman–Crippen LogP) is 5.78. The topological polar surface area (TPSA) is 66.4 Å². The highest BCUT2D eigenvalue weighted by molar-refractivity contribution is 7.99. The maximum absolute atomic E-state index is 6.18. The Balaban J connectivity index is 1.80. The van der Waals surface area contributed by atoms with Gasteiger partial charge in [-0.2, -0.15) is 0 Å². The van der Waals surface area contributed by atoms with Crippen LogP contribution >= 0.6 is 23.1 Å². The molecule has 1 aliphatic heterocycles. The highest BCUT2D eigenvalue weighted by atomic mass is 32.2. The van der Waals surface area contributed by atoms with E-state index in [2.05, 4.69) is 32.7 Å². The fourth-order valence-electron chi connectivity index (χ4n) is 4.17. The van der Waals surface area contributed by atoms with Crippen molar-refractivity contribution in [2.75, 3.05) is 19.0 Å². The number of pyridine rings is 1. The lowest BCUT2D eigenvalue weighted by Crippen LogP contribution is -2.33. The summed E-state index contributed by atoms with van der Waals surface area (Å²) >= 11 is 3.36. The van der Waals surface area contributed by atoms with Crippen LogP contribution in [-0.2, 0) is 33.7 Å². The molecule has 0 saturated heterocycles. The van der Waals surface area contributed by atoms with Gasteiger partial charge < -0.3 is 14.2 Å². The first-order valence-electron chi connectivity index (χ1n) is 11.4. The third kappa shape index (κ3) is 4.94. The van der Waals surface area contributed by atoms with Gasteiger partial charge in [0.1, 0.15) is 16.2 Å². The van der Waals surface area contributed by atoms with E-state index in [9.17, 15) is 0 Å². The first kappa shape index (κ1) is 23.8. The van der Waals surface area contributed by atoms with Crippen LogP contribution in [0.5, 0.6) is 0 Å². The van der Waals surface area contributed by atoms with Gasteiger partial charge >= 0.3 is 0 Å². The van der Waals surface area contributed by atoms with Crippen molar-refractivity contribution in [3.8, 4) is 0 Å². The largest absolute Gasteiger partial charge is 0.370 e. The molecule has 0 fully saturated rings. The predicted molar refractivity (Wildman–Crippen MR) is 132 cm³/mol. The number of fused-ring (bicyclic) bond motifs is 5. The lowest BCUT2D eigenvalue weighted by molar-refractivity contribution is -0.120. The number of ether oxygens (including phenoxy) is 3. The Labute approximate surface area is 198 Å². The number of hydrogen-bond acceptors (Lipinski definition) is 8. The first-order chi connectivity index (χ1) is 15.3. The molecule has 6 nitrogen and oxygen atoms in total. The van der Waals surface area contributed by atoms with E-state index in [1.54, 1.807) is 29.4 Å². The second-order valence-corrected chi connectivity index (χ2v) is 11.1. The van der Waals surface area contributed by atoms with Crippen LogP contribution in [0.1, 0.15) is 58.4 Å². The minimum absolute atomic E-state index is 0.197. The molecule has 4 rings (SSSR count). The molecule has 174 valence electrons. The normalized spacial score (nSPS) is 15.9. The van der Waals surface area contributed by atoms with Crippen molar-refractivity contribution in [3.63, 3.8) is 0 Å². The summed E-state index contributed by atoms with van der Waals surface area (Å²) in [7, 11) is 0. The van der Waals surface area contributed by atoms with Gasteiger partial charge in [-0.05, 0) is 45.6 Å². The zero-order valence-corrected chi connectivity index (χ0v) is 21.5. The number of aromatic nitrogens is 3. The van der Waals surface area contributed by atoms with Crippen molar-refractivity contribution < 1.29 is 14.2 Å². The molecule has 0 amide bonds. The molecule has 1 aliphatic rings. The molecule has 0 aliphatic carbocycles. The standard InChI is InChI=1S/C24H33N3O3S2/c1-7-28-18(29-8-2)12-31-23-21-20(25-13-26-23)19-15-10-24(5,6)30-11-16(15)17(9-14(3)4)27-22(19)32-21/h13-14,18H,7-12H2,1-6H3. The molecule has 0 aromatic carbocycles. The second-order valence-electron chi connectivity index (χ2n) is 9.13. The van der Waals surface area contributed by atoms with Gasteiger partial charge in [0.25, 0.3) is 0 Å². The summed E-state index contributed by atoms with van der Waals surface area (Å²) in [5, 5.41) is 2.15. The summed E-state index contributed by atoms with van der Waals surface area (Å²) in [6.45, 7) is 14.6. The molecule has 0 N–H and O–H groups in total. The average Bonchev–Trinajstić information content (AvgIpc) is 3.10. The second kappa shape index (κ2) is 9.89. The Morgan fingerprint density at radius 2 is 1.91 bits per heavy atom. The highest BCUT2D eigenvalue weighted by Crippen LogP contribution is 2.43. The quantitative estimate of drug-likeness (QED) is 0.221. The summed E-state index contributed by atoms with van der Waals surface area (Å²) in [5.74, 6) is 1.22. The Hall–Kier alpha value is -1.32. The van der Waals surface area contributed by atoms with E-state index in [1.165, 1.54) is 22.2 Å². The van der Waals surface area contributed by atoms with E-state index < -0.39 is 0 Å². The smallest absolute Gasteiger partial charge is 0.166 e. The van der Waals surface area contributed by atoms with Gasteiger partial charge in [0.05, 0.1) is 28.2 Å². The average molecular weight is 476 g/mol. The van der Waals surface area contributed by atoms with Gasteiger partial charge in [0.15, 0.2) is 6.29 Å². The van der Waals surface area contributed by atoms with Crippen molar-refractivity contribution in [2.45, 2.75) is 77.9 Å². The molecule has 0 atom stereocenters. The van der Waals surface area contributed by atoms with Crippen LogP contribution in [0.4, 0.5) is 0 Å². The molecular formula is C24H33N3O3S2. The van der Waals surface area contributed by atoms with E-state index in [4.69, 9.17) is 24.2 Å². The van der Waals surface area contributed by atoms with Crippen LogP contribution in [0.25, 0.3) is 20.4 Å². The van der Waals surface area contributed by atoms with Crippen molar-refractivity contribution in [1.82, 2.24) is 15.0 Å². The summed E-state index contributed by atoms with van der Waals surface area (Å²) in [4.78, 5) is 15.5. The summed E-state index contributed by atoms with van der Waals surface area (Å²) in [5.41, 5.74) is 4.58. The van der Waals surface area contributed by atoms with Crippen molar-refractivity contribution >= 4 is 43.5 Å². The van der Waals surface area contributed by atoms with Crippen LogP contribution in [-0.4, -0.2) is 45.8 Å². The van der Waals surface area contributed by atoms with E-state index in [-0.39, 0.29) is 11.9 Å². The molecule has 0 spiro atoms. The van der Waals surface area contributed by atoms with Crippen molar-refractivity contribution in [2.24, 2.45) is 5.92 Å². The number of nitrogens with zero attached hydrogens (tertiary/aromatic N) is 3. The Morgan fingerprint density at radius 1 is 1.16 bits per heavy atom. The number of rotatable bonds is 9. The lowest BCUT2D eigenvalue weighted by atomic mass is 9.88. The van der Waals surface area contributed by atoms with Crippen molar-refractivity contribution in [3.05, 3.63) is 23.1 Å². The Morgan fingerprint density at radius 3 is 2.59 bits per heavy atom. The van der Waals surface area contributed by atoms with Gasteiger partial charge in [-0.3, -0.25) is 0 Å². The molecular weight excluding hydrogens is 442 g/mol. The van der Waals surface area contributed by atoms with Gasteiger partial charge in [0, 0.05) is 36.3 Å². The molecule has 3 aromatic heterocycles. The SMILES string of the molecule is CCOC(CSc1ncnc2c1sc1nc(CC(C)C)c3c(c12)CC(C)(C)OC3)OCC. The van der Waals surface area contributed by atoms with E-state index in [0.717, 1.165) is 32.9 Å². The third-order valence-corrected chi connectivity index (χ3v) is 7.77. The Bertz CT molecular complexity index is 1090. The monoisotopic (exact) mass is 475 g/mol. The number of hydrogen-bond donors (Lipinski definition) is 0. The molecule has 0 radical (unpaired) electrons. The Kier molecular flexibility index (Phi) is 7.36. The van der Waals surface area contributed by atoms with Crippen LogP contribution < -0.4 is 0 Å². The fraction of sp³-hybridized carbons (Fsp3) is 0.625. The van der Waals surface area contributed by atoms with Gasteiger partial charge in [-0.1, -0.05) is 25.6 Å². The summed E-state index contributed by atoms with van der Waals surface area (Å²) in [6.07, 6.45) is 3.25. The summed E-state index contributed by atoms with van der Waals surface area (Å²) in [6, 6.07) is 0. The molecule has 32 heavy (non-hydrogen) atoms. The molecule has 4 heterocycles. The van der Waals surface area contributed by atoms with Crippen LogP contribution in [0.2, 0.25) is 0 Å². The maximum atomic E-state index is 6.18.